The van der Waals surface area contributed by atoms with Crippen LogP contribution < -0.4 is 5.32 Å². The van der Waals surface area contributed by atoms with Gasteiger partial charge in [0.15, 0.2) is 9.84 Å². The van der Waals surface area contributed by atoms with Gasteiger partial charge in [0.2, 0.25) is 0 Å². The summed E-state index contributed by atoms with van der Waals surface area (Å²) in [4.78, 5) is 0. The Hall–Kier alpha value is -0.360. The monoisotopic (exact) mass is 223 g/mol. The molecule has 1 unspecified atom stereocenters. The van der Waals surface area contributed by atoms with Gasteiger partial charge in [-0.05, 0) is 25.6 Å². The predicted octanol–water partition coefficient (Wildman–Crippen LogP) is 0.0845. The molecule has 6 heteroatoms. The first-order valence-corrected chi connectivity index (χ1v) is 6.16. The molecule has 0 bridgehead atoms. The zero-order chi connectivity index (χ0) is 10.1. The summed E-state index contributed by atoms with van der Waals surface area (Å²) in [6.45, 7) is 1.84. The molecule has 0 radical (unpaired) electrons. The first-order valence-electron chi connectivity index (χ1n) is 3.93. The standard InChI is InChI=1S/C7H13NO3S2/c1-7(8-6(12)11-2)3-4-13(9,10)5-7/h3-5H2,1-2H3,(H,8,12). The second-order valence-corrected chi connectivity index (χ2v) is 6.07. The number of methoxy groups -OCH3 is 1. The molecule has 0 saturated carbocycles. The van der Waals surface area contributed by atoms with Crippen molar-refractivity contribution in [2.75, 3.05) is 18.6 Å². The van der Waals surface area contributed by atoms with Crippen LogP contribution in [0.25, 0.3) is 0 Å². The van der Waals surface area contributed by atoms with Gasteiger partial charge >= 0.3 is 0 Å². The Kier molecular flexibility index (Phi) is 2.82. The van der Waals surface area contributed by atoms with Crippen molar-refractivity contribution >= 4 is 27.2 Å². The molecular formula is C7H13NO3S2. The lowest BCUT2D eigenvalue weighted by Gasteiger charge is -2.24. The van der Waals surface area contributed by atoms with Gasteiger partial charge in [-0.15, -0.1) is 0 Å². The second-order valence-electron chi connectivity index (χ2n) is 3.52. The van der Waals surface area contributed by atoms with E-state index in [-0.39, 0.29) is 16.7 Å². The van der Waals surface area contributed by atoms with E-state index in [1.165, 1.54) is 7.11 Å². The quantitative estimate of drug-likeness (QED) is 0.638. The van der Waals surface area contributed by atoms with Crippen molar-refractivity contribution in [2.24, 2.45) is 0 Å². The Morgan fingerprint density at radius 2 is 2.23 bits per heavy atom. The number of sulfone groups is 1. The highest BCUT2D eigenvalue weighted by Gasteiger charge is 2.38. The average molecular weight is 223 g/mol. The molecule has 4 nitrogen and oxygen atoms in total. The van der Waals surface area contributed by atoms with Crippen LogP contribution in [0.2, 0.25) is 0 Å². The van der Waals surface area contributed by atoms with E-state index in [0.717, 1.165) is 0 Å². The lowest BCUT2D eigenvalue weighted by atomic mass is 10.0. The van der Waals surface area contributed by atoms with Gasteiger partial charge in [0.05, 0.1) is 24.2 Å². The minimum atomic E-state index is -2.89. The van der Waals surface area contributed by atoms with Gasteiger partial charge in [-0.2, -0.15) is 0 Å². The van der Waals surface area contributed by atoms with Gasteiger partial charge in [0.1, 0.15) is 0 Å². The molecule has 0 aromatic heterocycles. The molecule has 1 saturated heterocycles. The van der Waals surface area contributed by atoms with E-state index >= 15 is 0 Å². The lowest BCUT2D eigenvalue weighted by Crippen LogP contribution is -2.46. The third kappa shape index (κ3) is 2.80. The molecule has 0 amide bonds. The van der Waals surface area contributed by atoms with Crippen LogP contribution in [0.1, 0.15) is 13.3 Å². The van der Waals surface area contributed by atoms with Crippen molar-refractivity contribution in [3.8, 4) is 0 Å². The number of hydrogen-bond donors (Lipinski definition) is 1. The van der Waals surface area contributed by atoms with E-state index in [0.29, 0.717) is 6.42 Å². The number of nitrogens with one attached hydrogen (secondary N) is 1. The molecule has 1 aliphatic rings. The predicted molar refractivity (Wildman–Crippen MR) is 54.4 cm³/mol. The average Bonchev–Trinajstić information content (AvgIpc) is 2.25. The molecule has 13 heavy (non-hydrogen) atoms. The van der Waals surface area contributed by atoms with Crippen molar-refractivity contribution in [3.05, 3.63) is 0 Å². The zero-order valence-electron chi connectivity index (χ0n) is 7.66. The third-order valence-corrected chi connectivity index (χ3v) is 4.26. The van der Waals surface area contributed by atoms with Crippen molar-refractivity contribution in [2.45, 2.75) is 18.9 Å². The molecule has 1 heterocycles. The van der Waals surface area contributed by atoms with Crippen molar-refractivity contribution < 1.29 is 13.2 Å². The van der Waals surface area contributed by atoms with Crippen LogP contribution in [0, 0.1) is 0 Å². The van der Waals surface area contributed by atoms with Gasteiger partial charge in [-0.3, -0.25) is 0 Å². The van der Waals surface area contributed by atoms with Crippen LogP contribution in [0.3, 0.4) is 0 Å². The van der Waals surface area contributed by atoms with E-state index in [2.05, 4.69) is 5.32 Å². The van der Waals surface area contributed by atoms with Gasteiger partial charge in [0, 0.05) is 0 Å². The Morgan fingerprint density at radius 1 is 1.62 bits per heavy atom. The largest absolute Gasteiger partial charge is 0.474 e. The molecule has 1 N–H and O–H groups in total. The van der Waals surface area contributed by atoms with Gasteiger partial charge < -0.3 is 10.1 Å². The van der Waals surface area contributed by atoms with Crippen molar-refractivity contribution in [3.63, 3.8) is 0 Å². The smallest absolute Gasteiger partial charge is 0.256 e. The van der Waals surface area contributed by atoms with Crippen LogP contribution in [0.4, 0.5) is 0 Å². The molecule has 1 atom stereocenters. The number of thiocarbonyl (C=S) groups is 1. The zero-order valence-corrected chi connectivity index (χ0v) is 9.30. The Morgan fingerprint density at radius 3 is 2.62 bits per heavy atom. The first kappa shape index (κ1) is 10.7. The molecule has 0 spiro atoms. The maximum absolute atomic E-state index is 11.2. The normalized spacial score (nSPS) is 31.2. The summed E-state index contributed by atoms with van der Waals surface area (Å²) < 4.78 is 27.2. The SMILES string of the molecule is COC(=S)NC1(C)CCS(=O)(=O)C1. The lowest BCUT2D eigenvalue weighted by molar-refractivity contribution is 0.356. The van der Waals surface area contributed by atoms with Crippen LogP contribution in [0.5, 0.6) is 0 Å². The summed E-state index contributed by atoms with van der Waals surface area (Å²) in [6, 6.07) is 0. The van der Waals surface area contributed by atoms with E-state index < -0.39 is 15.4 Å². The van der Waals surface area contributed by atoms with Crippen LogP contribution in [-0.2, 0) is 14.6 Å². The summed E-state index contributed by atoms with van der Waals surface area (Å²) in [6.07, 6.45) is 0.582. The number of ether oxygens (including phenoxy) is 1. The summed E-state index contributed by atoms with van der Waals surface area (Å²) in [5, 5.41) is 3.14. The van der Waals surface area contributed by atoms with Gasteiger partial charge in [0.25, 0.3) is 5.17 Å². The molecular weight excluding hydrogens is 210 g/mol. The topological polar surface area (TPSA) is 55.4 Å². The highest BCUT2D eigenvalue weighted by Crippen LogP contribution is 2.22. The fourth-order valence-electron chi connectivity index (χ4n) is 1.41. The molecule has 1 fully saturated rings. The fourth-order valence-corrected chi connectivity index (χ4v) is 3.75. The highest BCUT2D eigenvalue weighted by atomic mass is 32.2. The van der Waals surface area contributed by atoms with Gasteiger partial charge in [-0.25, -0.2) is 8.42 Å². The van der Waals surface area contributed by atoms with E-state index in [9.17, 15) is 8.42 Å². The minimum Gasteiger partial charge on any atom is -0.474 e. The van der Waals surface area contributed by atoms with Crippen LogP contribution >= 0.6 is 12.2 Å². The number of rotatable bonds is 1. The Balaban J connectivity index is 2.65. The molecule has 0 aromatic carbocycles. The van der Waals surface area contributed by atoms with Crippen LogP contribution in [0.15, 0.2) is 0 Å². The van der Waals surface area contributed by atoms with E-state index in [4.69, 9.17) is 17.0 Å². The second kappa shape index (κ2) is 3.42. The summed E-state index contributed by atoms with van der Waals surface area (Å²) >= 11 is 4.81. The maximum atomic E-state index is 11.2. The summed E-state index contributed by atoms with van der Waals surface area (Å²) in [5.74, 6) is 0.353. The van der Waals surface area contributed by atoms with E-state index in [1.54, 1.807) is 0 Å². The molecule has 1 aliphatic heterocycles. The molecule has 76 valence electrons. The Labute approximate surface area is 83.6 Å². The molecule has 1 rings (SSSR count). The fraction of sp³-hybridized carbons (Fsp3) is 0.857. The van der Waals surface area contributed by atoms with Gasteiger partial charge in [-0.1, -0.05) is 0 Å². The summed E-state index contributed by atoms with van der Waals surface area (Å²) in [5.41, 5.74) is -0.452. The maximum Gasteiger partial charge on any atom is 0.256 e. The Bertz CT molecular complexity index is 312. The minimum absolute atomic E-state index is 0.128. The first-order chi connectivity index (χ1) is 5.87. The van der Waals surface area contributed by atoms with Crippen molar-refractivity contribution in [1.82, 2.24) is 5.32 Å². The third-order valence-electron chi connectivity index (χ3n) is 2.09. The van der Waals surface area contributed by atoms with Crippen molar-refractivity contribution in [1.29, 1.82) is 0 Å². The molecule has 0 aliphatic carbocycles. The molecule has 0 aromatic rings. The summed E-state index contributed by atoms with van der Waals surface area (Å²) in [7, 11) is -1.42. The van der Waals surface area contributed by atoms with Crippen LogP contribution in [-0.4, -0.2) is 37.7 Å². The van der Waals surface area contributed by atoms with E-state index in [1.807, 2.05) is 6.92 Å². The number of hydrogen-bond acceptors (Lipinski definition) is 4. The highest BCUT2D eigenvalue weighted by molar-refractivity contribution is 7.91.